The number of rotatable bonds is 5. The summed E-state index contributed by atoms with van der Waals surface area (Å²) in [4.78, 5) is 29.7. The lowest BCUT2D eigenvalue weighted by Gasteiger charge is -2.38. The van der Waals surface area contributed by atoms with Crippen LogP contribution in [0.1, 0.15) is 28.3 Å². The lowest BCUT2D eigenvalue weighted by Crippen LogP contribution is -2.49. The molecule has 0 aliphatic carbocycles. The second-order valence-electron chi connectivity index (χ2n) is 8.18. The molecule has 0 unspecified atom stereocenters. The quantitative estimate of drug-likeness (QED) is 0.747. The Morgan fingerprint density at radius 2 is 1.60 bits per heavy atom. The minimum absolute atomic E-state index is 0.0387. The Kier molecular flexibility index (Phi) is 7.24. The summed E-state index contributed by atoms with van der Waals surface area (Å²) in [5.41, 5.74) is 5.06. The van der Waals surface area contributed by atoms with Crippen molar-refractivity contribution >= 4 is 17.5 Å². The second kappa shape index (κ2) is 9.87. The van der Waals surface area contributed by atoms with E-state index in [1.165, 1.54) is 5.56 Å². The molecule has 2 aromatic carbocycles. The third kappa shape index (κ3) is 5.46. The van der Waals surface area contributed by atoms with Gasteiger partial charge < -0.3 is 15.5 Å². The summed E-state index contributed by atoms with van der Waals surface area (Å²) in [6.45, 7) is 10.2. The first-order valence-corrected chi connectivity index (χ1v) is 10.5. The maximum atomic E-state index is 12.5. The van der Waals surface area contributed by atoms with Crippen molar-refractivity contribution in [3.63, 3.8) is 0 Å². The van der Waals surface area contributed by atoms with Crippen molar-refractivity contribution in [1.29, 1.82) is 0 Å². The zero-order chi connectivity index (χ0) is 21.7. The standard InChI is InChI=1S/C24H32N4O2/c1-17-8-10-20(11-9-17)22(28-14-12-27(4)13-15-28)16-25-23(29)24(30)26-21-7-5-6-18(2)19(21)3/h5-11,22H,12-16H2,1-4H3,(H,25,29)(H,26,30)/t22-/m1/s1. The number of hydrogen-bond acceptors (Lipinski definition) is 4. The molecule has 0 aromatic heterocycles. The third-order valence-corrected chi connectivity index (χ3v) is 5.96. The average Bonchev–Trinajstić information content (AvgIpc) is 2.73. The van der Waals surface area contributed by atoms with E-state index in [0.717, 1.165) is 42.9 Å². The normalized spacial score (nSPS) is 16.1. The summed E-state index contributed by atoms with van der Waals surface area (Å²) in [7, 11) is 2.12. The van der Waals surface area contributed by atoms with Gasteiger partial charge in [-0.15, -0.1) is 0 Å². The molecule has 0 bridgehead atoms. The molecule has 30 heavy (non-hydrogen) atoms. The van der Waals surface area contributed by atoms with Crippen LogP contribution in [0, 0.1) is 20.8 Å². The number of carbonyl (C=O) groups is 2. The van der Waals surface area contributed by atoms with Crippen LogP contribution in [0.4, 0.5) is 5.69 Å². The zero-order valence-corrected chi connectivity index (χ0v) is 18.4. The smallest absolute Gasteiger partial charge is 0.313 e. The van der Waals surface area contributed by atoms with Crippen LogP contribution in [0.15, 0.2) is 42.5 Å². The van der Waals surface area contributed by atoms with Crippen molar-refractivity contribution in [3.05, 3.63) is 64.7 Å². The number of carbonyl (C=O) groups excluding carboxylic acids is 2. The van der Waals surface area contributed by atoms with E-state index in [9.17, 15) is 9.59 Å². The van der Waals surface area contributed by atoms with Gasteiger partial charge in [0.1, 0.15) is 0 Å². The number of aryl methyl sites for hydroxylation is 2. The van der Waals surface area contributed by atoms with Gasteiger partial charge in [0.2, 0.25) is 0 Å². The molecule has 1 aliphatic rings. The number of hydrogen-bond donors (Lipinski definition) is 2. The van der Waals surface area contributed by atoms with Gasteiger partial charge in [0.15, 0.2) is 0 Å². The summed E-state index contributed by atoms with van der Waals surface area (Å²) in [6.07, 6.45) is 0. The number of amides is 2. The number of piperazine rings is 1. The van der Waals surface area contributed by atoms with Gasteiger partial charge in [0.25, 0.3) is 0 Å². The fraction of sp³-hybridized carbons (Fsp3) is 0.417. The Balaban J connectivity index is 1.66. The van der Waals surface area contributed by atoms with E-state index in [0.29, 0.717) is 12.2 Å². The maximum absolute atomic E-state index is 12.5. The van der Waals surface area contributed by atoms with Crippen LogP contribution in [0.5, 0.6) is 0 Å². The van der Waals surface area contributed by atoms with Crippen LogP contribution in [0.2, 0.25) is 0 Å². The monoisotopic (exact) mass is 408 g/mol. The van der Waals surface area contributed by atoms with Gasteiger partial charge in [-0.1, -0.05) is 42.0 Å². The highest BCUT2D eigenvalue weighted by Crippen LogP contribution is 2.22. The van der Waals surface area contributed by atoms with E-state index in [1.54, 1.807) is 0 Å². The first-order chi connectivity index (χ1) is 14.3. The van der Waals surface area contributed by atoms with E-state index in [1.807, 2.05) is 32.0 Å². The van der Waals surface area contributed by atoms with E-state index < -0.39 is 11.8 Å². The van der Waals surface area contributed by atoms with E-state index in [4.69, 9.17) is 0 Å². The second-order valence-corrected chi connectivity index (χ2v) is 8.18. The van der Waals surface area contributed by atoms with Gasteiger partial charge in [-0.2, -0.15) is 0 Å². The maximum Gasteiger partial charge on any atom is 0.313 e. The fourth-order valence-electron chi connectivity index (χ4n) is 3.72. The number of nitrogens with one attached hydrogen (secondary N) is 2. The van der Waals surface area contributed by atoms with Crippen molar-refractivity contribution in [2.45, 2.75) is 26.8 Å². The predicted molar refractivity (Wildman–Crippen MR) is 121 cm³/mol. The molecule has 6 nitrogen and oxygen atoms in total. The van der Waals surface area contributed by atoms with Gasteiger partial charge in [0.05, 0.1) is 6.04 Å². The van der Waals surface area contributed by atoms with Gasteiger partial charge in [-0.3, -0.25) is 14.5 Å². The topological polar surface area (TPSA) is 64.7 Å². The summed E-state index contributed by atoms with van der Waals surface area (Å²) in [5.74, 6) is -1.24. The third-order valence-electron chi connectivity index (χ3n) is 5.96. The molecule has 3 rings (SSSR count). The summed E-state index contributed by atoms with van der Waals surface area (Å²) in [6, 6.07) is 14.1. The Labute approximate surface area is 179 Å². The largest absolute Gasteiger partial charge is 0.346 e. The highest BCUT2D eigenvalue weighted by molar-refractivity contribution is 6.39. The van der Waals surface area contributed by atoms with Crippen LogP contribution in [0.25, 0.3) is 0 Å². The van der Waals surface area contributed by atoms with Gasteiger partial charge in [0, 0.05) is 38.4 Å². The first-order valence-electron chi connectivity index (χ1n) is 10.5. The highest BCUT2D eigenvalue weighted by atomic mass is 16.2. The van der Waals surface area contributed by atoms with Crippen LogP contribution >= 0.6 is 0 Å². The zero-order valence-electron chi connectivity index (χ0n) is 18.4. The van der Waals surface area contributed by atoms with Gasteiger partial charge in [-0.25, -0.2) is 0 Å². The summed E-state index contributed by atoms with van der Waals surface area (Å²) in [5, 5.41) is 5.59. The van der Waals surface area contributed by atoms with E-state index in [2.05, 4.69) is 58.7 Å². The highest BCUT2D eigenvalue weighted by Gasteiger charge is 2.25. The van der Waals surface area contributed by atoms with Gasteiger partial charge >= 0.3 is 11.8 Å². The molecule has 2 amide bonds. The molecule has 1 atom stereocenters. The molecule has 2 aromatic rings. The SMILES string of the molecule is Cc1ccc([C@@H](CNC(=O)C(=O)Nc2cccc(C)c2C)N2CCN(C)CC2)cc1. The van der Waals surface area contributed by atoms with E-state index in [-0.39, 0.29) is 6.04 Å². The van der Waals surface area contributed by atoms with E-state index >= 15 is 0 Å². The van der Waals surface area contributed by atoms with Crippen molar-refractivity contribution in [1.82, 2.24) is 15.1 Å². The Bertz CT molecular complexity index is 887. The fourth-order valence-corrected chi connectivity index (χ4v) is 3.72. The molecule has 1 heterocycles. The van der Waals surface area contributed by atoms with Crippen LogP contribution in [-0.2, 0) is 9.59 Å². The van der Waals surface area contributed by atoms with Gasteiger partial charge in [-0.05, 0) is 50.6 Å². The molecule has 6 heteroatoms. The lowest BCUT2D eigenvalue weighted by atomic mass is 10.0. The molecule has 1 aliphatic heterocycles. The van der Waals surface area contributed by atoms with Crippen molar-refractivity contribution in [2.24, 2.45) is 0 Å². The molecule has 0 saturated carbocycles. The molecular weight excluding hydrogens is 376 g/mol. The molecule has 1 saturated heterocycles. The molecule has 1 fully saturated rings. The molecule has 0 radical (unpaired) electrons. The minimum atomic E-state index is -0.635. The Hall–Kier alpha value is -2.70. The number of benzene rings is 2. The Morgan fingerprint density at radius 3 is 2.27 bits per heavy atom. The van der Waals surface area contributed by atoms with Crippen molar-refractivity contribution in [3.8, 4) is 0 Å². The molecule has 160 valence electrons. The van der Waals surface area contributed by atoms with Crippen molar-refractivity contribution < 1.29 is 9.59 Å². The molecule has 0 spiro atoms. The first kappa shape index (κ1) is 22.0. The number of likely N-dealkylation sites (N-methyl/N-ethyl adjacent to an activating group) is 1. The molecular formula is C24H32N4O2. The van der Waals surface area contributed by atoms with Crippen LogP contribution < -0.4 is 10.6 Å². The minimum Gasteiger partial charge on any atom is -0.346 e. The number of nitrogens with zero attached hydrogens (tertiary/aromatic N) is 2. The number of anilines is 1. The predicted octanol–water partition coefficient (Wildman–Crippen LogP) is 2.66. The lowest BCUT2D eigenvalue weighted by molar-refractivity contribution is -0.136. The molecule has 2 N–H and O–H groups in total. The Morgan fingerprint density at radius 1 is 0.933 bits per heavy atom. The van der Waals surface area contributed by atoms with Crippen molar-refractivity contribution in [2.75, 3.05) is 45.1 Å². The van der Waals surface area contributed by atoms with Crippen LogP contribution in [0.3, 0.4) is 0 Å². The average molecular weight is 409 g/mol. The summed E-state index contributed by atoms with van der Waals surface area (Å²) < 4.78 is 0. The summed E-state index contributed by atoms with van der Waals surface area (Å²) >= 11 is 0. The van der Waals surface area contributed by atoms with Crippen LogP contribution in [-0.4, -0.2) is 61.4 Å².